The van der Waals surface area contributed by atoms with Crippen LogP contribution in [0.2, 0.25) is 0 Å². The van der Waals surface area contributed by atoms with E-state index < -0.39 is 0 Å². The third kappa shape index (κ3) is 12.7. The zero-order valence-corrected chi connectivity index (χ0v) is 22.5. The van der Waals surface area contributed by atoms with Crippen molar-refractivity contribution in [1.29, 1.82) is 0 Å². The minimum absolute atomic E-state index is 0. The van der Waals surface area contributed by atoms with Crippen LogP contribution < -0.4 is 0 Å². The summed E-state index contributed by atoms with van der Waals surface area (Å²) in [6, 6.07) is 18.3. The van der Waals surface area contributed by atoms with E-state index in [1.54, 1.807) is 12.4 Å². The number of aryl methyl sites for hydroxylation is 1. The van der Waals surface area contributed by atoms with Gasteiger partial charge in [0.25, 0.3) is 0 Å². The molecule has 0 aliphatic carbocycles. The van der Waals surface area contributed by atoms with Gasteiger partial charge in [-0.25, -0.2) is 0 Å². The molecule has 1 radical (unpaired) electrons. The van der Waals surface area contributed by atoms with Crippen molar-refractivity contribution in [3.8, 4) is 0 Å². The minimum Gasteiger partial charge on any atom is -0.294 e. The quantitative estimate of drug-likeness (QED) is 0.362. The van der Waals surface area contributed by atoms with Crippen molar-refractivity contribution in [2.24, 2.45) is 0 Å². The molecule has 0 fully saturated rings. The van der Waals surface area contributed by atoms with Gasteiger partial charge in [0.1, 0.15) is 0 Å². The standard InChI is InChI=1S/C12H11NO.C8H10.3C2H6.Y/c1-2-12(14)11-8-13-7-9-5-3-4-6-10(9)11;1-2-8-6-4-3-5-7-8;3*1-2;/h3-8H,2H2,1H3;3-7H,2H2,1H3;3*1-2H3;. The molecule has 0 amide bonds. The van der Waals surface area contributed by atoms with Gasteiger partial charge in [-0.05, 0) is 17.4 Å². The summed E-state index contributed by atoms with van der Waals surface area (Å²) >= 11 is 0. The first-order valence-electron chi connectivity index (χ1n) is 10.7. The molecule has 157 valence electrons. The molecule has 2 nitrogen and oxygen atoms in total. The Kier molecular flexibility index (Phi) is 25.5. The van der Waals surface area contributed by atoms with Crippen LogP contribution in [0, 0.1) is 0 Å². The van der Waals surface area contributed by atoms with Gasteiger partial charge in [0.2, 0.25) is 0 Å². The number of aromatic nitrogens is 1. The number of carbonyl (C=O) groups excluding carboxylic acids is 1. The molecule has 3 rings (SSSR count). The summed E-state index contributed by atoms with van der Waals surface area (Å²) in [5.74, 6) is 0.148. The molecule has 0 atom stereocenters. The number of fused-ring (bicyclic) bond motifs is 1. The molecule has 0 bridgehead atoms. The topological polar surface area (TPSA) is 30.0 Å². The zero-order valence-electron chi connectivity index (χ0n) is 19.7. The van der Waals surface area contributed by atoms with E-state index in [0.717, 1.165) is 22.8 Å². The van der Waals surface area contributed by atoms with Crippen molar-refractivity contribution < 1.29 is 37.5 Å². The number of rotatable bonds is 3. The number of ketones is 1. The molecule has 0 N–H and O–H groups in total. The Hall–Kier alpha value is -1.38. The second kappa shape index (κ2) is 22.9. The van der Waals surface area contributed by atoms with Gasteiger partial charge in [-0.2, -0.15) is 0 Å². The Labute approximate surface area is 204 Å². The van der Waals surface area contributed by atoms with Crippen molar-refractivity contribution in [3.05, 3.63) is 78.1 Å². The van der Waals surface area contributed by atoms with Crippen LogP contribution in [0.15, 0.2) is 67.0 Å². The molecule has 0 aliphatic heterocycles. The maximum absolute atomic E-state index is 11.6. The van der Waals surface area contributed by atoms with Crippen molar-refractivity contribution in [3.63, 3.8) is 0 Å². The first-order chi connectivity index (χ1) is 13.8. The Bertz CT molecular complexity index is 737. The minimum atomic E-state index is 0. The summed E-state index contributed by atoms with van der Waals surface area (Å²) in [7, 11) is 0. The van der Waals surface area contributed by atoms with Crippen molar-refractivity contribution in [2.75, 3.05) is 0 Å². The summed E-state index contributed by atoms with van der Waals surface area (Å²) in [6.45, 7) is 16.0. The van der Waals surface area contributed by atoms with Crippen LogP contribution in [0.4, 0.5) is 0 Å². The molecule has 29 heavy (non-hydrogen) atoms. The van der Waals surface area contributed by atoms with Gasteiger partial charge in [-0.15, -0.1) is 0 Å². The zero-order chi connectivity index (χ0) is 21.8. The van der Waals surface area contributed by atoms with E-state index in [1.165, 1.54) is 5.56 Å². The monoisotopic (exact) mass is 470 g/mol. The Morgan fingerprint density at radius 2 is 1.28 bits per heavy atom. The number of carbonyl (C=O) groups is 1. The normalized spacial score (nSPS) is 8.14. The first kappa shape index (κ1) is 32.3. The van der Waals surface area contributed by atoms with E-state index in [-0.39, 0.29) is 38.5 Å². The molecule has 0 saturated carbocycles. The number of benzene rings is 2. The third-order valence-electron chi connectivity index (χ3n) is 3.54. The van der Waals surface area contributed by atoms with E-state index >= 15 is 0 Å². The van der Waals surface area contributed by atoms with Crippen LogP contribution in [0.25, 0.3) is 10.8 Å². The Morgan fingerprint density at radius 1 is 0.759 bits per heavy atom. The average Bonchev–Trinajstić information content (AvgIpc) is 2.83. The maximum Gasteiger partial charge on any atom is 0.164 e. The molecule has 2 aromatic carbocycles. The first-order valence-corrected chi connectivity index (χ1v) is 10.7. The molecule has 0 spiro atoms. The van der Waals surface area contributed by atoms with Crippen LogP contribution in [-0.4, -0.2) is 10.8 Å². The SMILES string of the molecule is CC.CC.CC.CCC(=O)c1cncc2ccccc12.CCc1ccccc1.[Y]. The van der Waals surface area contributed by atoms with Gasteiger partial charge in [-0.1, -0.05) is 110 Å². The van der Waals surface area contributed by atoms with Gasteiger partial charge < -0.3 is 0 Å². The van der Waals surface area contributed by atoms with Crippen molar-refractivity contribution in [1.82, 2.24) is 4.98 Å². The van der Waals surface area contributed by atoms with Crippen molar-refractivity contribution in [2.45, 2.75) is 68.2 Å². The van der Waals surface area contributed by atoms with Crippen LogP contribution in [0.5, 0.6) is 0 Å². The third-order valence-corrected chi connectivity index (χ3v) is 3.54. The fraction of sp³-hybridized carbons (Fsp3) is 0.385. The van der Waals surface area contributed by atoms with Gasteiger partial charge in [0, 0.05) is 62.5 Å². The molecule has 0 aliphatic rings. The number of Topliss-reactive ketones (excluding diaryl/α,β-unsaturated/α-hetero) is 1. The predicted molar refractivity (Wildman–Crippen MR) is 126 cm³/mol. The Balaban J connectivity index is -0.000000388. The van der Waals surface area contributed by atoms with Gasteiger partial charge in [0.15, 0.2) is 5.78 Å². The summed E-state index contributed by atoms with van der Waals surface area (Å²) in [6.07, 6.45) is 5.09. The second-order valence-corrected chi connectivity index (χ2v) is 5.02. The fourth-order valence-electron chi connectivity index (χ4n) is 2.24. The molecular formula is C26H39NOY. The van der Waals surface area contributed by atoms with Gasteiger partial charge in [0.05, 0.1) is 0 Å². The molecule has 1 heterocycles. The average molecular weight is 471 g/mol. The molecule has 3 heteroatoms. The maximum atomic E-state index is 11.6. The molecule has 0 saturated heterocycles. The van der Waals surface area contributed by atoms with Crippen LogP contribution in [0.3, 0.4) is 0 Å². The molecule has 1 aromatic heterocycles. The number of pyridine rings is 1. The fourth-order valence-corrected chi connectivity index (χ4v) is 2.24. The van der Waals surface area contributed by atoms with Crippen molar-refractivity contribution >= 4 is 16.6 Å². The van der Waals surface area contributed by atoms with E-state index in [1.807, 2.05) is 78.8 Å². The summed E-state index contributed by atoms with van der Waals surface area (Å²) in [5.41, 5.74) is 2.14. The number of hydrogen-bond donors (Lipinski definition) is 0. The molecule has 0 unspecified atom stereocenters. The number of hydrogen-bond acceptors (Lipinski definition) is 2. The van der Waals surface area contributed by atoms with E-state index in [9.17, 15) is 4.79 Å². The predicted octanol–water partition coefficient (Wildman–Crippen LogP) is 8.15. The Morgan fingerprint density at radius 3 is 1.76 bits per heavy atom. The van der Waals surface area contributed by atoms with Gasteiger partial charge >= 0.3 is 0 Å². The van der Waals surface area contributed by atoms with Gasteiger partial charge in [-0.3, -0.25) is 9.78 Å². The largest absolute Gasteiger partial charge is 0.294 e. The second-order valence-electron chi connectivity index (χ2n) is 5.02. The summed E-state index contributed by atoms with van der Waals surface area (Å²) < 4.78 is 0. The summed E-state index contributed by atoms with van der Waals surface area (Å²) in [4.78, 5) is 15.6. The van der Waals surface area contributed by atoms with E-state index in [4.69, 9.17) is 0 Å². The van der Waals surface area contributed by atoms with E-state index in [0.29, 0.717) is 6.42 Å². The smallest absolute Gasteiger partial charge is 0.164 e. The molecular weight excluding hydrogens is 431 g/mol. The summed E-state index contributed by atoms with van der Waals surface area (Å²) in [5, 5.41) is 2.01. The van der Waals surface area contributed by atoms with Crippen LogP contribution in [-0.2, 0) is 39.1 Å². The molecule has 3 aromatic rings. The van der Waals surface area contributed by atoms with Crippen LogP contribution in [0.1, 0.15) is 77.7 Å². The van der Waals surface area contributed by atoms with Crippen LogP contribution >= 0.6 is 0 Å². The van der Waals surface area contributed by atoms with E-state index in [2.05, 4.69) is 36.2 Å². The number of nitrogens with zero attached hydrogens (tertiary/aromatic N) is 1.